The second-order valence-corrected chi connectivity index (χ2v) is 6.53. The maximum Gasteiger partial charge on any atom is 0.262 e. The van der Waals surface area contributed by atoms with Gasteiger partial charge in [-0.15, -0.1) is 22.7 Å². The van der Waals surface area contributed by atoms with Crippen molar-refractivity contribution in [1.29, 1.82) is 0 Å². The van der Waals surface area contributed by atoms with Gasteiger partial charge in [-0.1, -0.05) is 29.8 Å². The van der Waals surface area contributed by atoms with Crippen molar-refractivity contribution in [2.45, 2.75) is 13.5 Å². The van der Waals surface area contributed by atoms with Gasteiger partial charge >= 0.3 is 0 Å². The van der Waals surface area contributed by atoms with Gasteiger partial charge in [-0.2, -0.15) is 0 Å². The van der Waals surface area contributed by atoms with Crippen LogP contribution in [-0.2, 0) is 6.54 Å². The van der Waals surface area contributed by atoms with Gasteiger partial charge in [0.25, 0.3) is 5.91 Å². The van der Waals surface area contributed by atoms with Crippen LogP contribution in [0.1, 0.15) is 20.2 Å². The third kappa shape index (κ3) is 3.20. The number of aromatic nitrogens is 1. The van der Waals surface area contributed by atoms with Crippen molar-refractivity contribution in [2.75, 3.05) is 0 Å². The quantitative estimate of drug-likeness (QED) is 0.787. The maximum atomic E-state index is 12.3. The van der Waals surface area contributed by atoms with E-state index >= 15 is 0 Å². The molecule has 0 fully saturated rings. The van der Waals surface area contributed by atoms with Crippen LogP contribution in [0.3, 0.4) is 0 Å². The molecule has 5 heteroatoms. The minimum atomic E-state index is -0.0456. The van der Waals surface area contributed by atoms with Gasteiger partial charge in [-0.3, -0.25) is 4.79 Å². The van der Waals surface area contributed by atoms with Crippen LogP contribution in [0.4, 0.5) is 0 Å². The molecule has 0 atom stereocenters. The van der Waals surface area contributed by atoms with E-state index in [4.69, 9.17) is 0 Å². The summed E-state index contributed by atoms with van der Waals surface area (Å²) in [5.41, 5.74) is 3.27. The number of rotatable bonds is 4. The first-order valence-electron chi connectivity index (χ1n) is 6.55. The minimum Gasteiger partial charge on any atom is -0.345 e. The molecule has 21 heavy (non-hydrogen) atoms. The summed E-state index contributed by atoms with van der Waals surface area (Å²) in [7, 11) is 0. The van der Waals surface area contributed by atoms with Gasteiger partial charge in [0, 0.05) is 17.1 Å². The molecular formula is C16H14N2OS2. The van der Waals surface area contributed by atoms with Crippen molar-refractivity contribution < 1.29 is 4.79 Å². The lowest BCUT2D eigenvalue weighted by Gasteiger charge is -2.05. The molecule has 2 heterocycles. The van der Waals surface area contributed by atoms with Crippen molar-refractivity contribution in [3.63, 3.8) is 0 Å². The van der Waals surface area contributed by atoms with Crippen LogP contribution in [-0.4, -0.2) is 10.9 Å². The highest BCUT2D eigenvalue weighted by molar-refractivity contribution is 7.12. The number of hydrogen-bond acceptors (Lipinski definition) is 4. The molecule has 0 saturated heterocycles. The number of aryl methyl sites for hydroxylation is 1. The van der Waals surface area contributed by atoms with E-state index < -0.39 is 0 Å². The molecule has 106 valence electrons. The van der Waals surface area contributed by atoms with Gasteiger partial charge in [0.2, 0.25) is 0 Å². The summed E-state index contributed by atoms with van der Waals surface area (Å²) in [5, 5.41) is 7.70. The highest BCUT2D eigenvalue weighted by atomic mass is 32.1. The Bertz CT molecular complexity index is 730. The number of hydrogen-bond donors (Lipinski definition) is 1. The van der Waals surface area contributed by atoms with Crippen LogP contribution in [0.5, 0.6) is 0 Å². The molecule has 1 aromatic carbocycles. The number of benzene rings is 1. The number of carbonyl (C=O) groups is 1. The molecule has 0 aliphatic carbocycles. The summed E-state index contributed by atoms with van der Waals surface area (Å²) in [5.74, 6) is -0.0456. The first-order valence-corrected chi connectivity index (χ1v) is 8.31. The van der Waals surface area contributed by atoms with E-state index in [9.17, 15) is 4.79 Å². The topological polar surface area (TPSA) is 42.0 Å². The number of carbonyl (C=O) groups excluding carboxylic acids is 1. The maximum absolute atomic E-state index is 12.3. The SMILES string of the molecule is Cc1ccc(-c2ccsc2C(=O)NCc2nccs2)cc1. The van der Waals surface area contributed by atoms with E-state index in [1.165, 1.54) is 16.9 Å². The Balaban J connectivity index is 1.78. The molecule has 2 aromatic heterocycles. The summed E-state index contributed by atoms with van der Waals surface area (Å²) in [4.78, 5) is 17.3. The first kappa shape index (κ1) is 14.0. The molecular weight excluding hydrogens is 300 g/mol. The Kier molecular flexibility index (Phi) is 4.13. The van der Waals surface area contributed by atoms with E-state index in [1.54, 1.807) is 17.5 Å². The van der Waals surface area contributed by atoms with E-state index in [1.807, 2.05) is 16.8 Å². The second kappa shape index (κ2) is 6.20. The van der Waals surface area contributed by atoms with E-state index in [-0.39, 0.29) is 5.91 Å². The number of thiophene rings is 1. The summed E-state index contributed by atoms with van der Waals surface area (Å²) < 4.78 is 0. The lowest BCUT2D eigenvalue weighted by Crippen LogP contribution is -2.22. The van der Waals surface area contributed by atoms with Crippen LogP contribution in [0.15, 0.2) is 47.3 Å². The van der Waals surface area contributed by atoms with Crippen LogP contribution >= 0.6 is 22.7 Å². The van der Waals surface area contributed by atoms with Crippen molar-refractivity contribution in [3.05, 3.63) is 62.7 Å². The fourth-order valence-electron chi connectivity index (χ4n) is 2.02. The molecule has 0 spiro atoms. The third-order valence-electron chi connectivity index (χ3n) is 3.12. The van der Waals surface area contributed by atoms with E-state index in [2.05, 4.69) is 41.5 Å². The lowest BCUT2D eigenvalue weighted by molar-refractivity contribution is 0.0955. The Hall–Kier alpha value is -1.98. The molecule has 0 aliphatic rings. The van der Waals surface area contributed by atoms with Crippen molar-refractivity contribution in [2.24, 2.45) is 0 Å². The van der Waals surface area contributed by atoms with Gasteiger partial charge in [0.15, 0.2) is 0 Å². The zero-order chi connectivity index (χ0) is 14.7. The molecule has 1 amide bonds. The first-order chi connectivity index (χ1) is 10.2. The Morgan fingerprint density at radius 1 is 1.14 bits per heavy atom. The summed E-state index contributed by atoms with van der Waals surface area (Å²) in [6.45, 7) is 2.53. The molecule has 0 aliphatic heterocycles. The predicted octanol–water partition coefficient (Wildman–Crippen LogP) is 4.11. The smallest absolute Gasteiger partial charge is 0.262 e. The summed E-state index contributed by atoms with van der Waals surface area (Å²) >= 11 is 3.01. The second-order valence-electron chi connectivity index (χ2n) is 4.64. The lowest BCUT2D eigenvalue weighted by atomic mass is 10.0. The number of nitrogens with zero attached hydrogens (tertiary/aromatic N) is 1. The number of nitrogens with one attached hydrogen (secondary N) is 1. The molecule has 0 unspecified atom stereocenters. The third-order valence-corrected chi connectivity index (χ3v) is 4.81. The summed E-state index contributed by atoms with van der Waals surface area (Å²) in [6, 6.07) is 10.2. The molecule has 3 nitrogen and oxygen atoms in total. The average molecular weight is 314 g/mol. The van der Waals surface area contributed by atoms with Crippen molar-refractivity contribution in [3.8, 4) is 11.1 Å². The zero-order valence-corrected chi connectivity index (χ0v) is 13.1. The molecule has 1 N–H and O–H groups in total. The van der Waals surface area contributed by atoms with Crippen LogP contribution in [0.2, 0.25) is 0 Å². The molecule has 3 rings (SSSR count). The van der Waals surface area contributed by atoms with Gasteiger partial charge in [-0.25, -0.2) is 4.98 Å². The highest BCUT2D eigenvalue weighted by Crippen LogP contribution is 2.28. The normalized spacial score (nSPS) is 10.5. The van der Waals surface area contributed by atoms with E-state index in [0.29, 0.717) is 6.54 Å². The predicted molar refractivity (Wildman–Crippen MR) is 87.8 cm³/mol. The largest absolute Gasteiger partial charge is 0.345 e. The van der Waals surface area contributed by atoms with Crippen LogP contribution in [0.25, 0.3) is 11.1 Å². The Morgan fingerprint density at radius 2 is 1.95 bits per heavy atom. The fraction of sp³-hybridized carbons (Fsp3) is 0.125. The van der Waals surface area contributed by atoms with Crippen molar-refractivity contribution in [1.82, 2.24) is 10.3 Å². The van der Waals surface area contributed by atoms with Gasteiger partial charge in [0.1, 0.15) is 5.01 Å². The van der Waals surface area contributed by atoms with E-state index in [0.717, 1.165) is 21.0 Å². The van der Waals surface area contributed by atoms with Gasteiger partial charge < -0.3 is 5.32 Å². The standard InChI is InChI=1S/C16H14N2OS2/c1-11-2-4-12(5-3-11)13-6-8-21-15(13)16(19)18-10-14-17-7-9-20-14/h2-9H,10H2,1H3,(H,18,19). The van der Waals surface area contributed by atoms with Crippen molar-refractivity contribution >= 4 is 28.6 Å². The molecule has 0 radical (unpaired) electrons. The number of amides is 1. The highest BCUT2D eigenvalue weighted by Gasteiger charge is 2.14. The zero-order valence-electron chi connectivity index (χ0n) is 11.5. The van der Waals surface area contributed by atoms with Gasteiger partial charge in [0.05, 0.1) is 11.4 Å². The fourth-order valence-corrected chi connectivity index (χ4v) is 3.41. The molecule has 0 saturated carbocycles. The Labute approximate surface area is 131 Å². The average Bonchev–Trinajstić information content (AvgIpc) is 3.17. The van der Waals surface area contributed by atoms with Crippen LogP contribution in [0, 0.1) is 6.92 Å². The van der Waals surface area contributed by atoms with Crippen LogP contribution < -0.4 is 5.32 Å². The monoisotopic (exact) mass is 314 g/mol. The summed E-state index contributed by atoms with van der Waals surface area (Å²) in [6.07, 6.45) is 1.75. The minimum absolute atomic E-state index is 0.0456. The molecule has 0 bridgehead atoms. The Morgan fingerprint density at radius 3 is 2.67 bits per heavy atom. The number of thiazole rings is 1. The molecule has 3 aromatic rings. The van der Waals surface area contributed by atoms with Gasteiger partial charge in [-0.05, 0) is 23.9 Å².